The summed E-state index contributed by atoms with van der Waals surface area (Å²) in [5.41, 5.74) is -3.18. The highest BCUT2D eigenvalue weighted by atomic mass is 32.2. The Morgan fingerprint density at radius 3 is 2.00 bits per heavy atom. The third-order valence-electron chi connectivity index (χ3n) is 11.9. The maximum absolute atomic E-state index is 14.4. The molecule has 5 amide bonds. The molecule has 270 valence electrons. The smallest absolute Gasteiger partial charge is 0.315 e. The Kier molecular flexibility index (Phi) is 9.12. The average Bonchev–Trinajstić information content (AvgIpc) is 3.90. The molecule has 0 aromatic carbocycles. The highest BCUT2D eigenvalue weighted by Gasteiger charge is 2.71. The predicted octanol–water partition coefficient (Wildman–Crippen LogP) is 2.84. The number of hydrogen-bond acceptors (Lipinski definition) is 7. The number of nitrogens with one attached hydrogen (secondary N) is 4. The van der Waals surface area contributed by atoms with Crippen molar-refractivity contribution in [3.05, 3.63) is 0 Å². The summed E-state index contributed by atoms with van der Waals surface area (Å²) in [6, 6.07) is -2.49. The van der Waals surface area contributed by atoms with Gasteiger partial charge in [-0.05, 0) is 81.5 Å². The molecule has 0 aromatic rings. The standard InChI is InChI=1S/C35H57N5O7S/c1-20-17-35(20,26(41)28(43)36-21-13-14-21)38-27(42)24-23-22(33(23,8)9)18-40(24)29(44)25(31(2,3)4)37-30(45)39-34(15-11-10-12-16-34)19-48(46,47)32(5,6)7/h20-25H,10-19H2,1-9H3,(H,36,43)(H,38,42)(H2,37,39,45)/t20-,22+,23+,24+,25-,35+/m1/s1. The fraction of sp³-hybridized carbons (Fsp3) is 0.857. The molecule has 1 aliphatic heterocycles. The number of fused-ring (bicyclic) bond motifs is 1. The van der Waals surface area contributed by atoms with E-state index in [2.05, 4.69) is 35.1 Å². The van der Waals surface area contributed by atoms with Crippen molar-refractivity contribution in [2.24, 2.45) is 28.6 Å². The van der Waals surface area contributed by atoms with Gasteiger partial charge in [-0.1, -0.05) is 60.8 Å². The largest absolute Gasteiger partial charge is 0.347 e. The molecule has 0 unspecified atom stereocenters. The van der Waals surface area contributed by atoms with E-state index in [0.29, 0.717) is 25.8 Å². The summed E-state index contributed by atoms with van der Waals surface area (Å²) in [6.07, 6.45) is 5.60. The summed E-state index contributed by atoms with van der Waals surface area (Å²) in [6.45, 7) is 16.8. The predicted molar refractivity (Wildman–Crippen MR) is 181 cm³/mol. The number of Topliss-reactive ketones (excluding diaryl/α,β-unsaturated/α-hetero) is 1. The number of hydrogen-bond donors (Lipinski definition) is 4. The molecule has 4 N–H and O–H groups in total. The minimum atomic E-state index is -3.56. The number of rotatable bonds is 10. The van der Waals surface area contributed by atoms with Gasteiger partial charge in [-0.2, -0.15) is 0 Å². The van der Waals surface area contributed by atoms with Gasteiger partial charge >= 0.3 is 6.03 Å². The van der Waals surface area contributed by atoms with Gasteiger partial charge in [-0.3, -0.25) is 19.2 Å². The zero-order chi connectivity index (χ0) is 35.8. The fourth-order valence-electron chi connectivity index (χ4n) is 8.10. The van der Waals surface area contributed by atoms with Gasteiger partial charge in [0, 0.05) is 12.6 Å². The molecule has 0 aromatic heterocycles. The first kappa shape index (κ1) is 36.6. The number of amides is 5. The minimum absolute atomic E-state index is 0.00846. The molecule has 5 rings (SSSR count). The summed E-state index contributed by atoms with van der Waals surface area (Å²) >= 11 is 0. The SMILES string of the molecule is C[C@@H]1C[C@@]1(NC(=O)[C@@H]1[C@@H]2[C@H](CN1C(=O)[C@@H](NC(=O)NC1(CS(=O)(=O)C(C)(C)C)CCCCC1)C(C)(C)C)C2(C)C)C(=O)C(=O)NC1CC1. The zero-order valence-corrected chi connectivity index (χ0v) is 31.1. The number of ketones is 1. The number of sulfone groups is 1. The molecule has 13 heteroatoms. The van der Waals surface area contributed by atoms with Crippen molar-refractivity contribution < 1.29 is 32.4 Å². The van der Waals surface area contributed by atoms with Gasteiger partial charge in [0.2, 0.25) is 17.6 Å². The van der Waals surface area contributed by atoms with Gasteiger partial charge < -0.3 is 26.2 Å². The lowest BCUT2D eigenvalue weighted by Gasteiger charge is -2.41. The van der Waals surface area contributed by atoms with Crippen LogP contribution in [-0.2, 0) is 29.0 Å². The van der Waals surface area contributed by atoms with Crippen LogP contribution < -0.4 is 21.3 Å². The Bertz CT molecular complexity index is 1470. The van der Waals surface area contributed by atoms with Gasteiger partial charge in [0.15, 0.2) is 9.84 Å². The molecule has 12 nitrogen and oxygen atoms in total. The van der Waals surface area contributed by atoms with E-state index in [1.807, 2.05) is 27.7 Å². The summed E-state index contributed by atoms with van der Waals surface area (Å²) < 4.78 is 25.6. The molecule has 6 atom stereocenters. The van der Waals surface area contributed by atoms with E-state index in [-0.39, 0.29) is 35.0 Å². The monoisotopic (exact) mass is 691 g/mol. The van der Waals surface area contributed by atoms with E-state index >= 15 is 0 Å². The molecule has 0 spiro atoms. The van der Waals surface area contributed by atoms with E-state index in [9.17, 15) is 32.4 Å². The Labute approximate surface area is 286 Å². The van der Waals surface area contributed by atoms with E-state index in [1.165, 1.54) is 0 Å². The molecule has 5 aliphatic rings. The summed E-state index contributed by atoms with van der Waals surface area (Å²) in [5, 5.41) is 11.6. The lowest BCUT2D eigenvalue weighted by Crippen LogP contribution is -2.64. The van der Waals surface area contributed by atoms with Crippen LogP contribution in [0.5, 0.6) is 0 Å². The Balaban J connectivity index is 1.34. The van der Waals surface area contributed by atoms with Crippen LogP contribution in [0.4, 0.5) is 4.79 Å². The molecular weight excluding hydrogens is 634 g/mol. The first-order chi connectivity index (χ1) is 22.0. The van der Waals surface area contributed by atoms with Crippen molar-refractivity contribution in [1.29, 1.82) is 0 Å². The van der Waals surface area contributed by atoms with E-state index in [1.54, 1.807) is 25.7 Å². The maximum Gasteiger partial charge on any atom is 0.315 e. The number of nitrogens with zero attached hydrogens (tertiary/aromatic N) is 1. The Hall–Kier alpha value is -2.70. The lowest BCUT2D eigenvalue weighted by atomic mass is 9.83. The van der Waals surface area contributed by atoms with Crippen molar-refractivity contribution in [2.45, 2.75) is 148 Å². The van der Waals surface area contributed by atoms with E-state index in [4.69, 9.17) is 0 Å². The number of likely N-dealkylation sites (tertiary alicyclic amines) is 1. The molecule has 0 bridgehead atoms. The molecule has 1 saturated heterocycles. The van der Waals surface area contributed by atoms with Crippen LogP contribution in [0.3, 0.4) is 0 Å². The van der Waals surface area contributed by atoms with Crippen molar-refractivity contribution in [3.8, 4) is 0 Å². The van der Waals surface area contributed by atoms with Crippen LogP contribution in [0.15, 0.2) is 0 Å². The van der Waals surface area contributed by atoms with Gasteiger partial charge in [0.05, 0.1) is 16.0 Å². The van der Waals surface area contributed by atoms with Crippen molar-refractivity contribution in [3.63, 3.8) is 0 Å². The van der Waals surface area contributed by atoms with Crippen LogP contribution in [0, 0.1) is 28.6 Å². The second-order valence-corrected chi connectivity index (χ2v) is 20.9. The number of carbonyl (C=O) groups excluding carboxylic acids is 5. The lowest BCUT2D eigenvalue weighted by molar-refractivity contribution is -0.145. The molecule has 4 saturated carbocycles. The van der Waals surface area contributed by atoms with E-state index in [0.717, 1.165) is 32.1 Å². The van der Waals surface area contributed by atoms with Crippen LogP contribution in [-0.4, -0.2) is 89.1 Å². The highest BCUT2D eigenvalue weighted by molar-refractivity contribution is 7.92. The zero-order valence-electron chi connectivity index (χ0n) is 30.2. The highest BCUT2D eigenvalue weighted by Crippen LogP contribution is 2.65. The minimum Gasteiger partial charge on any atom is -0.347 e. The Morgan fingerprint density at radius 1 is 0.917 bits per heavy atom. The van der Waals surface area contributed by atoms with Crippen LogP contribution in [0.1, 0.15) is 114 Å². The van der Waals surface area contributed by atoms with Gasteiger partial charge in [-0.15, -0.1) is 0 Å². The summed E-state index contributed by atoms with van der Waals surface area (Å²) in [5.74, 6) is -2.65. The molecule has 4 aliphatic carbocycles. The molecule has 0 radical (unpaired) electrons. The van der Waals surface area contributed by atoms with Gasteiger partial charge in [0.1, 0.15) is 17.6 Å². The average molecular weight is 692 g/mol. The van der Waals surface area contributed by atoms with E-state index < -0.39 is 72.7 Å². The van der Waals surface area contributed by atoms with Crippen molar-refractivity contribution >= 4 is 39.4 Å². The number of carbonyl (C=O) groups is 5. The normalized spacial score (nSPS) is 31.1. The second kappa shape index (κ2) is 12.0. The molecule has 48 heavy (non-hydrogen) atoms. The van der Waals surface area contributed by atoms with Crippen LogP contribution >= 0.6 is 0 Å². The topological polar surface area (TPSA) is 171 Å². The summed E-state index contributed by atoms with van der Waals surface area (Å²) in [7, 11) is -3.56. The van der Waals surface area contributed by atoms with Crippen molar-refractivity contribution in [1.82, 2.24) is 26.2 Å². The number of piperidine rings is 1. The second-order valence-electron chi connectivity index (χ2n) is 18.1. The van der Waals surface area contributed by atoms with Gasteiger partial charge in [0.25, 0.3) is 5.91 Å². The summed E-state index contributed by atoms with van der Waals surface area (Å²) in [4.78, 5) is 69.8. The fourth-order valence-corrected chi connectivity index (χ4v) is 9.62. The van der Waals surface area contributed by atoms with Gasteiger partial charge in [-0.25, -0.2) is 13.2 Å². The maximum atomic E-state index is 14.4. The van der Waals surface area contributed by atoms with Crippen LogP contribution in [0.25, 0.3) is 0 Å². The Morgan fingerprint density at radius 2 is 1.50 bits per heavy atom. The first-order valence-electron chi connectivity index (χ1n) is 17.7. The molecular formula is C35H57N5O7S. The van der Waals surface area contributed by atoms with Crippen LogP contribution in [0.2, 0.25) is 0 Å². The quantitative estimate of drug-likeness (QED) is 0.255. The third kappa shape index (κ3) is 6.86. The van der Waals surface area contributed by atoms with Crippen molar-refractivity contribution in [2.75, 3.05) is 12.3 Å². The number of urea groups is 1. The first-order valence-corrected chi connectivity index (χ1v) is 19.4. The third-order valence-corrected chi connectivity index (χ3v) is 14.7. The molecule has 5 fully saturated rings. The molecule has 1 heterocycles.